The molecule has 3 aromatic heterocycles. The average molecular weight is 1010 g/mol. The predicted molar refractivity (Wildman–Crippen MR) is 326 cm³/mol. The fourth-order valence-corrected chi connectivity index (χ4v) is 11.3. The third kappa shape index (κ3) is 9.24. The monoisotopic (exact) mass is 1010 g/mol. The number of fused-ring (bicyclic) bond motifs is 4. The largest absolute Gasteiger partial charge is 0.507 e. The molecule has 0 fully saturated rings. The molecule has 11 aromatic rings. The summed E-state index contributed by atoms with van der Waals surface area (Å²) in [6.07, 6.45) is 1.94. The van der Waals surface area contributed by atoms with Crippen molar-refractivity contribution in [3.63, 3.8) is 0 Å². The molecule has 0 amide bonds. The lowest BCUT2D eigenvalue weighted by Gasteiger charge is -2.28. The van der Waals surface area contributed by atoms with Gasteiger partial charge in [0, 0.05) is 44.9 Å². The van der Waals surface area contributed by atoms with Gasteiger partial charge in [0.2, 0.25) is 0 Å². The van der Waals surface area contributed by atoms with Crippen molar-refractivity contribution in [1.29, 1.82) is 0 Å². The first-order valence-corrected chi connectivity index (χ1v) is 27.3. The summed E-state index contributed by atoms with van der Waals surface area (Å²) in [6, 6.07) is 61.9. The van der Waals surface area contributed by atoms with Crippen molar-refractivity contribution in [1.82, 2.24) is 19.1 Å². The molecule has 1 N–H and O–H groups in total. The van der Waals surface area contributed by atoms with E-state index in [0.29, 0.717) is 11.4 Å². The zero-order valence-corrected chi connectivity index (χ0v) is 47.5. The number of phenols is 1. The topological polar surface area (TPSA) is 55.9 Å². The molecule has 0 spiro atoms. The zero-order chi connectivity index (χ0) is 54.5. The molecular formula is C72H72N4O. The number of rotatable bonds is 7. The summed E-state index contributed by atoms with van der Waals surface area (Å²) in [7, 11) is 0. The average Bonchev–Trinajstić information content (AvgIpc) is 3.96. The van der Waals surface area contributed by atoms with E-state index in [1.54, 1.807) is 0 Å². The molecule has 11 rings (SSSR count). The van der Waals surface area contributed by atoms with Crippen LogP contribution in [0.4, 0.5) is 0 Å². The minimum Gasteiger partial charge on any atom is -0.507 e. The van der Waals surface area contributed by atoms with Crippen molar-refractivity contribution in [2.45, 2.75) is 119 Å². The summed E-state index contributed by atoms with van der Waals surface area (Å²) in [5.41, 5.74) is 21.8. The number of pyridine rings is 1. The van der Waals surface area contributed by atoms with Gasteiger partial charge in [0.05, 0.1) is 39.0 Å². The van der Waals surface area contributed by atoms with Crippen molar-refractivity contribution in [2.75, 3.05) is 0 Å². The molecular weight excluding hydrogens is 937 g/mol. The first-order valence-electron chi connectivity index (χ1n) is 27.3. The number of hydrogen-bond acceptors (Lipinski definition) is 3. The summed E-state index contributed by atoms with van der Waals surface area (Å²) in [4.78, 5) is 10.8. The van der Waals surface area contributed by atoms with Crippen molar-refractivity contribution in [3.8, 4) is 73.2 Å². The molecule has 0 saturated carbocycles. The summed E-state index contributed by atoms with van der Waals surface area (Å²) in [5, 5.41) is 15.2. The first-order chi connectivity index (χ1) is 36.5. The predicted octanol–water partition coefficient (Wildman–Crippen LogP) is 19.4. The highest BCUT2D eigenvalue weighted by Gasteiger charge is 2.30. The lowest BCUT2D eigenvalue weighted by molar-refractivity contribution is 0.446. The Bertz CT molecular complexity index is 4020. The lowest BCUT2D eigenvalue weighted by Crippen LogP contribution is -2.17. The summed E-state index contributed by atoms with van der Waals surface area (Å²) < 4.78 is 4.73. The highest BCUT2D eigenvalue weighted by Crippen LogP contribution is 2.47. The molecule has 0 atom stereocenters. The van der Waals surface area contributed by atoms with Crippen LogP contribution in [0.25, 0.3) is 100 Å². The number of aryl methyl sites for hydroxylation is 2. The highest BCUT2D eigenvalue weighted by molar-refractivity contribution is 6.11. The molecule has 386 valence electrons. The third-order valence-corrected chi connectivity index (χ3v) is 15.7. The van der Waals surface area contributed by atoms with Crippen LogP contribution >= 0.6 is 0 Å². The second kappa shape index (κ2) is 18.6. The van der Waals surface area contributed by atoms with Gasteiger partial charge < -0.3 is 9.67 Å². The molecule has 0 aliphatic heterocycles. The van der Waals surface area contributed by atoms with Crippen molar-refractivity contribution < 1.29 is 5.11 Å². The Morgan fingerprint density at radius 2 is 1.01 bits per heavy atom. The molecule has 0 unspecified atom stereocenters. The van der Waals surface area contributed by atoms with E-state index in [0.717, 1.165) is 78.2 Å². The molecule has 0 bridgehead atoms. The fourth-order valence-electron chi connectivity index (χ4n) is 11.3. The number of nitrogens with zero attached hydrogens (tertiary/aromatic N) is 4. The second-order valence-electron chi connectivity index (χ2n) is 25.5. The van der Waals surface area contributed by atoms with Crippen LogP contribution in [0.15, 0.2) is 176 Å². The van der Waals surface area contributed by atoms with E-state index in [-0.39, 0.29) is 27.4 Å². The Hall–Kier alpha value is -8.02. The van der Waals surface area contributed by atoms with E-state index >= 15 is 0 Å². The number of hydrogen-bond donors (Lipinski definition) is 1. The van der Waals surface area contributed by atoms with Gasteiger partial charge in [-0.1, -0.05) is 192 Å². The van der Waals surface area contributed by atoms with Crippen molar-refractivity contribution in [2.24, 2.45) is 0 Å². The first kappa shape index (κ1) is 51.1. The van der Waals surface area contributed by atoms with Gasteiger partial charge in [-0.3, -0.25) is 9.55 Å². The fraction of sp³-hybridized carbons (Fsp3) is 0.250. The molecule has 5 nitrogen and oxygen atoms in total. The van der Waals surface area contributed by atoms with Gasteiger partial charge in [-0.05, 0) is 146 Å². The molecule has 0 radical (unpaired) electrons. The van der Waals surface area contributed by atoms with Crippen LogP contribution in [0.2, 0.25) is 0 Å². The second-order valence-corrected chi connectivity index (χ2v) is 25.5. The van der Waals surface area contributed by atoms with E-state index in [4.69, 9.17) is 9.97 Å². The summed E-state index contributed by atoms with van der Waals surface area (Å²) in [5.74, 6) is 0.948. The van der Waals surface area contributed by atoms with E-state index in [1.165, 1.54) is 44.1 Å². The molecule has 0 saturated heterocycles. The lowest BCUT2D eigenvalue weighted by atomic mass is 9.79. The minimum atomic E-state index is -0.337. The van der Waals surface area contributed by atoms with Gasteiger partial charge in [-0.25, -0.2) is 4.98 Å². The number of phenolic OH excluding ortho intramolecular Hbond substituents is 1. The smallest absolute Gasteiger partial charge is 0.149 e. The molecule has 0 aliphatic carbocycles. The Morgan fingerprint density at radius 3 is 1.64 bits per heavy atom. The summed E-state index contributed by atoms with van der Waals surface area (Å²) >= 11 is 0. The molecule has 0 aliphatic rings. The number of para-hydroxylation sites is 3. The van der Waals surface area contributed by atoms with Crippen LogP contribution in [-0.2, 0) is 21.7 Å². The summed E-state index contributed by atoms with van der Waals surface area (Å²) in [6.45, 7) is 31.3. The van der Waals surface area contributed by atoms with Crippen LogP contribution in [0.3, 0.4) is 0 Å². The van der Waals surface area contributed by atoms with Gasteiger partial charge in [0.25, 0.3) is 0 Å². The third-order valence-electron chi connectivity index (χ3n) is 15.7. The molecule has 77 heavy (non-hydrogen) atoms. The quantitative estimate of drug-likeness (QED) is 0.173. The highest BCUT2D eigenvalue weighted by atomic mass is 16.3. The Balaban J connectivity index is 1.10. The maximum Gasteiger partial charge on any atom is 0.149 e. The van der Waals surface area contributed by atoms with Crippen molar-refractivity contribution >= 4 is 32.8 Å². The van der Waals surface area contributed by atoms with E-state index in [2.05, 4.69) is 276 Å². The van der Waals surface area contributed by atoms with E-state index in [9.17, 15) is 5.11 Å². The Morgan fingerprint density at radius 1 is 0.416 bits per heavy atom. The Kier molecular flexibility index (Phi) is 12.4. The van der Waals surface area contributed by atoms with Crippen LogP contribution in [-0.4, -0.2) is 24.2 Å². The number of aromatic nitrogens is 4. The zero-order valence-electron chi connectivity index (χ0n) is 47.5. The molecule has 8 aromatic carbocycles. The maximum absolute atomic E-state index is 12.7. The van der Waals surface area contributed by atoms with Crippen molar-refractivity contribution in [3.05, 3.63) is 209 Å². The van der Waals surface area contributed by atoms with Crippen LogP contribution in [0, 0.1) is 13.8 Å². The van der Waals surface area contributed by atoms with Crippen LogP contribution in [0.1, 0.15) is 116 Å². The van der Waals surface area contributed by atoms with Gasteiger partial charge in [0.1, 0.15) is 11.6 Å². The van der Waals surface area contributed by atoms with Crippen LogP contribution in [0.5, 0.6) is 5.75 Å². The van der Waals surface area contributed by atoms with Gasteiger partial charge in [0.15, 0.2) is 0 Å². The Labute approximate surface area is 456 Å². The van der Waals surface area contributed by atoms with E-state index in [1.807, 2.05) is 6.20 Å². The number of benzene rings is 8. The van der Waals surface area contributed by atoms with Gasteiger partial charge in [-0.15, -0.1) is 0 Å². The van der Waals surface area contributed by atoms with Gasteiger partial charge >= 0.3 is 0 Å². The van der Waals surface area contributed by atoms with E-state index < -0.39 is 0 Å². The standard InChI is InChI=1S/C72H72N4O/c1-44-21-18-26-56-57-27-19-22-45(2)66(57)75(65(44)56)54-32-29-46(30-33-54)48-35-36-73-61(40-48)50-37-49(38-52(39-50)70(6,7)8)55-25-20-28-63-64(55)74-68(59-42-53(71(9,10)11)43-60(67(59)77)72(12,13)14)76(63)62-34-31-51(69(3,4)5)41-58(62)47-23-16-15-17-24-47/h15-43,77H,1-14H3. The SMILES string of the molecule is Cc1cccc2c3cccc(C)c3n(-c3ccc(-c4ccnc(-c5cc(-c6cccc7c6nc(-c6cc(C(C)(C)C)cc(C(C)(C)C)c6O)n7-c6ccc(C(C)(C)C)cc6-c6ccccc6)cc(C(C)(C)C)c5)c4)cc3)c12. The normalized spacial score (nSPS) is 12.6. The van der Waals surface area contributed by atoms with Crippen LogP contribution < -0.4 is 0 Å². The number of aromatic hydroxyl groups is 1. The maximum atomic E-state index is 12.7. The van der Waals surface area contributed by atoms with Gasteiger partial charge in [-0.2, -0.15) is 0 Å². The minimum absolute atomic E-state index is 0.0856. The number of imidazole rings is 1. The molecule has 3 heterocycles. The molecule has 5 heteroatoms.